The Hall–Kier alpha value is -0.690. The van der Waals surface area contributed by atoms with E-state index in [0.717, 1.165) is 12.8 Å². The first-order valence-corrected chi connectivity index (χ1v) is 7.84. The lowest BCUT2D eigenvalue weighted by molar-refractivity contribution is 0.373. The summed E-state index contributed by atoms with van der Waals surface area (Å²) in [4.78, 5) is -0.444. The highest BCUT2D eigenvalue weighted by Gasteiger charge is 2.43. The Morgan fingerprint density at radius 3 is 2.68 bits per heavy atom. The fourth-order valence-electron chi connectivity index (χ4n) is 2.07. The van der Waals surface area contributed by atoms with E-state index >= 15 is 0 Å². The standard InChI is InChI=1S/C12H16ClFN2O2S/c1-12(7-15,8-5-6-8)16-19(17,18)10-4-2-3-9(13)11(10)14/h2-4,8,16H,5-7,15H2,1H3/t12-/m1/s1. The molecule has 0 aromatic heterocycles. The van der Waals surface area contributed by atoms with Crippen LogP contribution in [0.5, 0.6) is 0 Å². The first kappa shape index (κ1) is 14.7. The Bertz CT molecular complexity index is 589. The van der Waals surface area contributed by atoms with Crippen LogP contribution < -0.4 is 10.5 Å². The summed E-state index contributed by atoms with van der Waals surface area (Å²) in [6.07, 6.45) is 1.85. The van der Waals surface area contributed by atoms with Crippen LogP contribution in [0.15, 0.2) is 23.1 Å². The Morgan fingerprint density at radius 1 is 1.53 bits per heavy atom. The Labute approximate surface area is 117 Å². The van der Waals surface area contributed by atoms with E-state index in [1.807, 2.05) is 0 Å². The van der Waals surface area contributed by atoms with Crippen LogP contribution in [0.25, 0.3) is 0 Å². The van der Waals surface area contributed by atoms with E-state index in [1.54, 1.807) is 6.92 Å². The molecule has 1 fully saturated rings. The maximum atomic E-state index is 13.8. The molecule has 0 unspecified atom stereocenters. The highest BCUT2D eigenvalue weighted by atomic mass is 35.5. The number of benzene rings is 1. The maximum absolute atomic E-state index is 13.8. The van der Waals surface area contributed by atoms with Crippen LogP contribution in [-0.4, -0.2) is 20.5 Å². The molecule has 1 aromatic carbocycles. The minimum atomic E-state index is -3.98. The quantitative estimate of drug-likeness (QED) is 0.872. The summed E-state index contributed by atoms with van der Waals surface area (Å²) >= 11 is 5.61. The van der Waals surface area contributed by atoms with Crippen molar-refractivity contribution < 1.29 is 12.8 Å². The number of halogens is 2. The smallest absolute Gasteiger partial charge is 0.244 e. The fourth-order valence-corrected chi connectivity index (χ4v) is 3.87. The van der Waals surface area contributed by atoms with Crippen LogP contribution >= 0.6 is 11.6 Å². The zero-order valence-corrected chi connectivity index (χ0v) is 12.1. The van der Waals surface area contributed by atoms with Gasteiger partial charge >= 0.3 is 0 Å². The monoisotopic (exact) mass is 306 g/mol. The zero-order valence-electron chi connectivity index (χ0n) is 10.5. The summed E-state index contributed by atoms with van der Waals surface area (Å²) in [6, 6.07) is 3.89. The molecule has 0 heterocycles. The van der Waals surface area contributed by atoms with E-state index in [4.69, 9.17) is 17.3 Å². The van der Waals surface area contributed by atoms with E-state index in [0.29, 0.717) is 0 Å². The van der Waals surface area contributed by atoms with Crippen LogP contribution in [0.2, 0.25) is 5.02 Å². The van der Waals surface area contributed by atoms with Gasteiger partial charge in [-0.2, -0.15) is 0 Å². The van der Waals surface area contributed by atoms with E-state index in [2.05, 4.69) is 4.72 Å². The SMILES string of the molecule is C[C@](CN)(NS(=O)(=O)c1cccc(Cl)c1F)C1CC1. The lowest BCUT2D eigenvalue weighted by Gasteiger charge is -2.29. The second kappa shape index (κ2) is 5.01. The number of hydrogen-bond donors (Lipinski definition) is 2. The van der Waals surface area contributed by atoms with Gasteiger partial charge in [0.2, 0.25) is 10.0 Å². The molecule has 1 aliphatic rings. The molecule has 4 nitrogen and oxygen atoms in total. The molecule has 0 bridgehead atoms. The average molecular weight is 307 g/mol. The summed E-state index contributed by atoms with van der Waals surface area (Å²) in [5.41, 5.74) is 4.91. The molecular weight excluding hydrogens is 291 g/mol. The maximum Gasteiger partial charge on any atom is 0.244 e. The summed E-state index contributed by atoms with van der Waals surface area (Å²) in [6.45, 7) is 1.91. The summed E-state index contributed by atoms with van der Waals surface area (Å²) < 4.78 is 40.8. The van der Waals surface area contributed by atoms with Gasteiger partial charge in [0, 0.05) is 12.1 Å². The Kier molecular flexibility index (Phi) is 3.88. The topological polar surface area (TPSA) is 72.2 Å². The molecule has 2 rings (SSSR count). The van der Waals surface area contributed by atoms with Gasteiger partial charge in [0.1, 0.15) is 4.90 Å². The summed E-state index contributed by atoms with van der Waals surface area (Å²) in [5.74, 6) is -0.735. The Balaban J connectivity index is 2.35. The van der Waals surface area contributed by atoms with E-state index in [1.165, 1.54) is 18.2 Å². The van der Waals surface area contributed by atoms with E-state index in [9.17, 15) is 12.8 Å². The second-order valence-electron chi connectivity index (χ2n) is 5.05. The van der Waals surface area contributed by atoms with Crippen molar-refractivity contribution in [1.29, 1.82) is 0 Å². The number of nitrogens with one attached hydrogen (secondary N) is 1. The minimum Gasteiger partial charge on any atom is -0.329 e. The molecule has 0 aliphatic heterocycles. The number of sulfonamides is 1. The summed E-state index contributed by atoms with van der Waals surface area (Å²) in [7, 11) is -3.98. The van der Waals surface area contributed by atoms with Crippen molar-refractivity contribution in [3.8, 4) is 0 Å². The van der Waals surface area contributed by atoms with Crippen LogP contribution in [0.1, 0.15) is 19.8 Å². The molecule has 106 valence electrons. The molecule has 7 heteroatoms. The van der Waals surface area contributed by atoms with Crippen molar-refractivity contribution in [3.05, 3.63) is 29.0 Å². The lowest BCUT2D eigenvalue weighted by Crippen LogP contribution is -2.53. The normalized spacial score (nSPS) is 19.2. The highest BCUT2D eigenvalue weighted by molar-refractivity contribution is 7.89. The van der Waals surface area contributed by atoms with Crippen molar-refractivity contribution in [2.75, 3.05) is 6.54 Å². The van der Waals surface area contributed by atoms with Gasteiger partial charge in [0.05, 0.1) is 5.02 Å². The van der Waals surface area contributed by atoms with Crippen molar-refractivity contribution in [1.82, 2.24) is 4.72 Å². The molecule has 1 aliphatic carbocycles. The molecule has 19 heavy (non-hydrogen) atoms. The predicted octanol–water partition coefficient (Wildman–Crippen LogP) is 1.88. The zero-order chi connectivity index (χ0) is 14.3. The van der Waals surface area contributed by atoms with Crippen molar-refractivity contribution in [3.63, 3.8) is 0 Å². The molecule has 0 spiro atoms. The molecule has 1 saturated carbocycles. The predicted molar refractivity (Wildman–Crippen MR) is 71.9 cm³/mol. The highest BCUT2D eigenvalue weighted by Crippen LogP contribution is 2.40. The van der Waals surface area contributed by atoms with Crippen LogP contribution in [0, 0.1) is 11.7 Å². The molecule has 3 N–H and O–H groups in total. The number of rotatable bonds is 5. The number of nitrogens with two attached hydrogens (primary N) is 1. The second-order valence-corrected chi connectivity index (χ2v) is 7.11. The van der Waals surface area contributed by atoms with E-state index in [-0.39, 0.29) is 17.5 Å². The Morgan fingerprint density at radius 2 is 2.16 bits per heavy atom. The van der Waals surface area contributed by atoms with Gasteiger partial charge in [-0.15, -0.1) is 0 Å². The largest absolute Gasteiger partial charge is 0.329 e. The van der Waals surface area contributed by atoms with Crippen LogP contribution in [0.3, 0.4) is 0 Å². The molecular formula is C12H16ClFN2O2S. The van der Waals surface area contributed by atoms with Crippen LogP contribution in [0.4, 0.5) is 4.39 Å². The van der Waals surface area contributed by atoms with Gasteiger partial charge in [-0.1, -0.05) is 17.7 Å². The van der Waals surface area contributed by atoms with Gasteiger partial charge in [0.25, 0.3) is 0 Å². The van der Waals surface area contributed by atoms with Crippen molar-refractivity contribution in [2.45, 2.75) is 30.2 Å². The van der Waals surface area contributed by atoms with Gasteiger partial charge < -0.3 is 5.73 Å². The van der Waals surface area contributed by atoms with Crippen LogP contribution in [-0.2, 0) is 10.0 Å². The molecule has 0 radical (unpaired) electrons. The van der Waals surface area contributed by atoms with Gasteiger partial charge in [-0.05, 0) is 37.8 Å². The molecule has 0 saturated heterocycles. The summed E-state index contributed by atoms with van der Waals surface area (Å²) in [5, 5.41) is -0.219. The first-order valence-electron chi connectivity index (χ1n) is 5.98. The van der Waals surface area contributed by atoms with E-state index < -0.39 is 26.3 Å². The number of hydrogen-bond acceptors (Lipinski definition) is 3. The van der Waals surface area contributed by atoms with Gasteiger partial charge in [0.15, 0.2) is 5.82 Å². The van der Waals surface area contributed by atoms with Crippen molar-refractivity contribution >= 4 is 21.6 Å². The van der Waals surface area contributed by atoms with Gasteiger partial charge in [-0.25, -0.2) is 17.5 Å². The fraction of sp³-hybridized carbons (Fsp3) is 0.500. The molecule has 1 aromatic rings. The molecule has 1 atom stereocenters. The first-order chi connectivity index (χ1) is 8.80. The molecule has 0 amide bonds. The third-order valence-electron chi connectivity index (χ3n) is 3.48. The van der Waals surface area contributed by atoms with Gasteiger partial charge in [-0.3, -0.25) is 0 Å². The van der Waals surface area contributed by atoms with Crippen molar-refractivity contribution in [2.24, 2.45) is 11.7 Å². The third-order valence-corrected chi connectivity index (χ3v) is 5.40. The minimum absolute atomic E-state index is 0.166. The lowest BCUT2D eigenvalue weighted by atomic mass is 9.98. The average Bonchev–Trinajstić information content (AvgIpc) is 3.16. The third kappa shape index (κ3) is 2.91.